The van der Waals surface area contributed by atoms with Crippen LogP contribution in [0.1, 0.15) is 78.9 Å². The Morgan fingerprint density at radius 3 is 1.94 bits per heavy atom. The summed E-state index contributed by atoms with van der Waals surface area (Å²) in [6.07, 6.45) is 4.93. The third kappa shape index (κ3) is 18.3. The molecule has 0 bridgehead atoms. The number of rotatable bonds is 7. The number of alkyl halides is 3. The number of Topliss-reactive ketones (excluding diaryl/α,β-unsaturated/α-hetero) is 1. The second kappa shape index (κ2) is 18.2. The molecule has 8 heteroatoms. The summed E-state index contributed by atoms with van der Waals surface area (Å²) in [4.78, 5) is 21.4. The first kappa shape index (κ1) is 34.0. The molecular formula is C26H36F3NO2S2. The molecule has 190 valence electrons. The van der Waals surface area contributed by atoms with E-state index in [0.29, 0.717) is 20.2 Å². The van der Waals surface area contributed by atoms with E-state index in [4.69, 9.17) is 12.2 Å². The summed E-state index contributed by atoms with van der Waals surface area (Å²) in [6.45, 7) is 12.5. The molecule has 0 aromatic heterocycles. The molecule has 0 fully saturated rings. The average molecular weight is 516 g/mol. The van der Waals surface area contributed by atoms with E-state index < -0.39 is 11.7 Å². The Labute approximate surface area is 211 Å². The van der Waals surface area contributed by atoms with Crippen LogP contribution in [0.4, 0.5) is 13.2 Å². The van der Waals surface area contributed by atoms with E-state index in [-0.39, 0.29) is 11.7 Å². The predicted molar refractivity (Wildman–Crippen MR) is 144 cm³/mol. The second-order valence-corrected chi connectivity index (χ2v) is 9.59. The number of ketones is 1. The smallest absolute Gasteiger partial charge is 0.370 e. The molecular weight excluding hydrogens is 479 g/mol. The van der Waals surface area contributed by atoms with E-state index in [1.807, 2.05) is 6.92 Å². The summed E-state index contributed by atoms with van der Waals surface area (Å²) in [6, 6.07) is 5.19. The number of unbranched alkanes of at least 4 members (excludes halogenated alkanes) is 2. The molecule has 0 aliphatic heterocycles. The van der Waals surface area contributed by atoms with Gasteiger partial charge in [-0.1, -0.05) is 81.4 Å². The highest BCUT2D eigenvalue weighted by Gasteiger charge is 2.30. The van der Waals surface area contributed by atoms with Crippen LogP contribution in [0.15, 0.2) is 53.0 Å². The Hall–Kier alpha value is -2.19. The van der Waals surface area contributed by atoms with Gasteiger partial charge in [0, 0.05) is 11.1 Å². The zero-order valence-electron chi connectivity index (χ0n) is 21.0. The highest BCUT2D eigenvalue weighted by Crippen LogP contribution is 2.31. The third-order valence-electron chi connectivity index (χ3n) is 3.91. The van der Waals surface area contributed by atoms with Crippen LogP contribution >= 0.6 is 24.0 Å². The van der Waals surface area contributed by atoms with Crippen LogP contribution in [-0.2, 0) is 15.8 Å². The molecule has 1 aromatic carbocycles. The zero-order valence-corrected chi connectivity index (χ0v) is 22.6. The fraction of sp³-hybridized carbons (Fsp3) is 0.423. The number of hydrogen-bond acceptors (Lipinski definition) is 4. The van der Waals surface area contributed by atoms with E-state index in [1.165, 1.54) is 50.9 Å². The van der Waals surface area contributed by atoms with Gasteiger partial charge in [-0.05, 0) is 62.6 Å². The lowest BCUT2D eigenvalue weighted by Gasteiger charge is -2.08. The molecule has 0 aliphatic carbocycles. The van der Waals surface area contributed by atoms with E-state index in [0.717, 1.165) is 17.7 Å². The number of halogens is 3. The lowest BCUT2D eigenvalue weighted by Crippen LogP contribution is -2.04. The number of allylic oxidation sites excluding steroid dienone is 6. The Morgan fingerprint density at radius 1 is 1.03 bits per heavy atom. The Bertz CT molecular complexity index is 896. The third-order valence-corrected chi connectivity index (χ3v) is 5.07. The van der Waals surface area contributed by atoms with Gasteiger partial charge in [0.1, 0.15) is 0 Å². The van der Waals surface area contributed by atoms with Gasteiger partial charge in [0.25, 0.3) is 0 Å². The van der Waals surface area contributed by atoms with Gasteiger partial charge in [-0.3, -0.25) is 9.59 Å². The summed E-state index contributed by atoms with van der Waals surface area (Å²) in [7, 11) is 0. The number of thioether (sulfide) groups is 1. The van der Waals surface area contributed by atoms with Crippen LogP contribution in [0.2, 0.25) is 0 Å². The highest BCUT2D eigenvalue weighted by molar-refractivity contribution is 8.26. The zero-order chi connectivity index (χ0) is 26.9. The molecule has 0 spiro atoms. The molecule has 1 aromatic rings. The van der Waals surface area contributed by atoms with Crippen molar-refractivity contribution in [2.24, 2.45) is 5.73 Å². The van der Waals surface area contributed by atoms with Crippen molar-refractivity contribution in [3.05, 3.63) is 64.1 Å². The topological polar surface area (TPSA) is 60.2 Å². The van der Waals surface area contributed by atoms with Crippen molar-refractivity contribution < 1.29 is 22.8 Å². The predicted octanol–water partition coefficient (Wildman–Crippen LogP) is 8.30. The maximum atomic E-state index is 12.8. The molecule has 0 radical (unpaired) electrons. The van der Waals surface area contributed by atoms with Gasteiger partial charge in [-0.15, -0.1) is 0 Å². The van der Waals surface area contributed by atoms with Crippen LogP contribution in [0.5, 0.6) is 0 Å². The van der Waals surface area contributed by atoms with Crippen molar-refractivity contribution in [1.82, 2.24) is 0 Å². The largest absolute Gasteiger partial charge is 0.416 e. The quantitative estimate of drug-likeness (QED) is 0.225. The number of primary amides is 1. The van der Waals surface area contributed by atoms with E-state index in [2.05, 4.69) is 19.6 Å². The molecule has 0 heterocycles. The van der Waals surface area contributed by atoms with Crippen molar-refractivity contribution in [1.29, 1.82) is 0 Å². The van der Waals surface area contributed by atoms with Gasteiger partial charge in [0.2, 0.25) is 5.91 Å². The van der Waals surface area contributed by atoms with E-state index in [9.17, 15) is 22.8 Å². The summed E-state index contributed by atoms with van der Waals surface area (Å²) in [5.41, 5.74) is 5.80. The molecule has 0 unspecified atom stereocenters. The molecule has 3 nitrogen and oxygen atoms in total. The summed E-state index contributed by atoms with van der Waals surface area (Å²) < 4.78 is 39.0. The molecule has 0 atom stereocenters. The van der Waals surface area contributed by atoms with Crippen LogP contribution < -0.4 is 5.73 Å². The Morgan fingerprint density at radius 2 is 1.56 bits per heavy atom. The molecule has 0 saturated carbocycles. The van der Waals surface area contributed by atoms with Crippen molar-refractivity contribution >= 4 is 45.4 Å². The number of benzene rings is 1. The average Bonchev–Trinajstić information content (AvgIpc) is 2.71. The Balaban J connectivity index is 0. The van der Waals surface area contributed by atoms with Gasteiger partial charge in [0.05, 0.1) is 10.5 Å². The van der Waals surface area contributed by atoms with Crippen molar-refractivity contribution in [2.45, 2.75) is 73.9 Å². The van der Waals surface area contributed by atoms with Crippen LogP contribution in [0.25, 0.3) is 5.57 Å². The molecule has 1 amide bonds. The van der Waals surface area contributed by atoms with Crippen LogP contribution in [-0.4, -0.2) is 15.9 Å². The number of carbonyl (C=O) groups is 2. The number of amides is 1. The van der Waals surface area contributed by atoms with Gasteiger partial charge in [-0.25, -0.2) is 0 Å². The SMILES string of the molecule is CC(=O)\C(=C/C(C)=C/C=C(\C)c1cccc(C(F)(F)F)c1)SC(C)=S.CC(N)=O.CCCCC. The Kier molecular flexibility index (Phi) is 18.2. The maximum absolute atomic E-state index is 12.8. The molecule has 1 rings (SSSR count). The van der Waals surface area contributed by atoms with Gasteiger partial charge < -0.3 is 5.73 Å². The minimum Gasteiger partial charge on any atom is -0.370 e. The standard InChI is InChI=1S/C19H19F3OS2.C5H12.C2H5NO/c1-12(10-18(14(3)23)25-15(4)24)8-9-13(2)16-6-5-7-17(11-16)19(20,21)22;1-3-5-4-2;1-2(3)4/h5-11H,1-4H3;3-5H2,1-2H3;1H3,(H2,3,4)/b12-8+,13-9+,18-10+;;. The number of hydrogen-bond donors (Lipinski definition) is 1. The first-order valence-corrected chi connectivity index (χ1v) is 12.1. The molecule has 0 saturated heterocycles. The second-order valence-electron chi connectivity index (χ2n) is 7.46. The monoisotopic (exact) mass is 515 g/mol. The molecule has 0 aliphatic rings. The van der Waals surface area contributed by atoms with E-state index in [1.54, 1.807) is 38.1 Å². The van der Waals surface area contributed by atoms with Gasteiger partial charge >= 0.3 is 6.18 Å². The molecule has 34 heavy (non-hydrogen) atoms. The van der Waals surface area contributed by atoms with Gasteiger partial charge in [0.15, 0.2) is 5.78 Å². The fourth-order valence-corrected chi connectivity index (χ4v) is 3.23. The number of nitrogens with two attached hydrogens (primary N) is 1. The first-order valence-electron chi connectivity index (χ1n) is 10.8. The van der Waals surface area contributed by atoms with Crippen molar-refractivity contribution in [3.63, 3.8) is 0 Å². The lowest BCUT2D eigenvalue weighted by molar-refractivity contribution is -0.137. The normalized spacial score (nSPS) is 12.1. The summed E-state index contributed by atoms with van der Waals surface area (Å²) >= 11 is 6.23. The maximum Gasteiger partial charge on any atom is 0.416 e. The van der Waals surface area contributed by atoms with Crippen molar-refractivity contribution in [2.75, 3.05) is 0 Å². The summed E-state index contributed by atoms with van der Waals surface area (Å²) in [5, 5.41) is 0. The van der Waals surface area contributed by atoms with E-state index >= 15 is 0 Å². The van der Waals surface area contributed by atoms with Crippen LogP contribution in [0.3, 0.4) is 0 Å². The van der Waals surface area contributed by atoms with Gasteiger partial charge in [-0.2, -0.15) is 13.2 Å². The number of thiocarbonyl (C=S) groups is 1. The van der Waals surface area contributed by atoms with Crippen molar-refractivity contribution in [3.8, 4) is 0 Å². The minimum absolute atomic E-state index is 0.0828. The molecule has 2 N–H and O–H groups in total. The van der Waals surface area contributed by atoms with Crippen LogP contribution in [0, 0.1) is 0 Å². The lowest BCUT2D eigenvalue weighted by atomic mass is 10.0. The summed E-state index contributed by atoms with van der Waals surface area (Å²) in [5.74, 6) is -0.416. The number of carbonyl (C=O) groups excluding carboxylic acids is 2. The minimum atomic E-state index is -4.36. The fourth-order valence-electron chi connectivity index (χ4n) is 2.26. The highest BCUT2D eigenvalue weighted by atomic mass is 32.2. The first-order chi connectivity index (χ1) is 15.6.